The Kier molecular flexibility index (Phi) is 4.22. The molecule has 1 aromatic heterocycles. The fourth-order valence-electron chi connectivity index (χ4n) is 1.80. The summed E-state index contributed by atoms with van der Waals surface area (Å²) in [6.45, 7) is 3.28. The molecule has 2 aromatic rings. The molecule has 0 aliphatic heterocycles. The molecule has 0 unspecified atom stereocenters. The molecule has 0 atom stereocenters. The third-order valence-electron chi connectivity index (χ3n) is 2.72. The van der Waals surface area contributed by atoms with E-state index in [-0.39, 0.29) is 0 Å². The van der Waals surface area contributed by atoms with Gasteiger partial charge < -0.3 is 10.6 Å². The van der Waals surface area contributed by atoms with Crippen LogP contribution in [0, 0.1) is 6.92 Å². The van der Waals surface area contributed by atoms with Gasteiger partial charge in [-0.3, -0.25) is 0 Å². The zero-order valence-electron chi connectivity index (χ0n) is 10.5. The molecule has 0 saturated carbocycles. The lowest BCUT2D eigenvalue weighted by molar-refractivity contribution is 0.889. The zero-order chi connectivity index (χ0) is 13.1. The van der Waals surface area contributed by atoms with Crippen LogP contribution in [0.5, 0.6) is 0 Å². The Morgan fingerprint density at radius 3 is 2.78 bits per heavy atom. The SMILES string of the molecule is Cc1nc(CN(C)c2ccc(CN)cc2Cl)cs1. The Labute approximate surface area is 116 Å². The van der Waals surface area contributed by atoms with Crippen molar-refractivity contribution in [2.24, 2.45) is 5.73 Å². The summed E-state index contributed by atoms with van der Waals surface area (Å²) in [5.41, 5.74) is 8.70. The van der Waals surface area contributed by atoms with Crippen LogP contribution in [0.1, 0.15) is 16.3 Å². The molecule has 2 rings (SSSR count). The Morgan fingerprint density at radius 1 is 1.44 bits per heavy atom. The smallest absolute Gasteiger partial charge is 0.0898 e. The zero-order valence-corrected chi connectivity index (χ0v) is 12.1. The van der Waals surface area contributed by atoms with Crippen molar-refractivity contribution in [3.63, 3.8) is 0 Å². The Hall–Kier alpha value is -1.10. The van der Waals surface area contributed by atoms with E-state index in [9.17, 15) is 0 Å². The van der Waals surface area contributed by atoms with Gasteiger partial charge in [-0.25, -0.2) is 4.98 Å². The summed E-state index contributed by atoms with van der Waals surface area (Å²) in [6, 6.07) is 5.92. The second-order valence-electron chi connectivity index (χ2n) is 4.20. The van der Waals surface area contributed by atoms with Crippen LogP contribution in [0.4, 0.5) is 5.69 Å². The maximum Gasteiger partial charge on any atom is 0.0898 e. The second kappa shape index (κ2) is 5.69. The van der Waals surface area contributed by atoms with Crippen molar-refractivity contribution in [2.45, 2.75) is 20.0 Å². The molecule has 0 bridgehead atoms. The lowest BCUT2D eigenvalue weighted by Gasteiger charge is -2.20. The fourth-order valence-corrected chi connectivity index (χ4v) is 2.75. The van der Waals surface area contributed by atoms with Crippen LogP contribution in [-0.2, 0) is 13.1 Å². The van der Waals surface area contributed by atoms with Gasteiger partial charge in [0.15, 0.2) is 0 Å². The predicted octanol–water partition coefficient (Wildman–Crippen LogP) is 3.20. The minimum Gasteiger partial charge on any atom is -0.367 e. The molecule has 0 radical (unpaired) electrons. The second-order valence-corrected chi connectivity index (χ2v) is 5.67. The number of hydrogen-bond donors (Lipinski definition) is 1. The van der Waals surface area contributed by atoms with Crippen LogP contribution in [0.2, 0.25) is 5.02 Å². The van der Waals surface area contributed by atoms with E-state index < -0.39 is 0 Å². The number of nitrogens with zero attached hydrogens (tertiary/aromatic N) is 2. The first kappa shape index (κ1) is 13.3. The fraction of sp³-hybridized carbons (Fsp3) is 0.308. The quantitative estimate of drug-likeness (QED) is 0.936. The average Bonchev–Trinajstić information content (AvgIpc) is 2.74. The number of aryl methyl sites for hydroxylation is 1. The number of nitrogens with two attached hydrogens (primary N) is 1. The van der Waals surface area contributed by atoms with E-state index in [1.54, 1.807) is 11.3 Å². The Bertz CT molecular complexity index is 539. The highest BCUT2D eigenvalue weighted by molar-refractivity contribution is 7.09. The minimum absolute atomic E-state index is 0.509. The van der Waals surface area contributed by atoms with Crippen LogP contribution < -0.4 is 10.6 Å². The van der Waals surface area contributed by atoms with Crippen molar-refractivity contribution < 1.29 is 0 Å². The standard InChI is InChI=1S/C13H16ClN3S/c1-9-16-11(8-18-9)7-17(2)13-4-3-10(6-15)5-12(13)14/h3-5,8H,6-7,15H2,1-2H3. The van der Waals surface area contributed by atoms with Crippen molar-refractivity contribution in [1.82, 2.24) is 4.98 Å². The molecule has 1 heterocycles. The molecule has 2 N–H and O–H groups in total. The van der Waals surface area contributed by atoms with Gasteiger partial charge in [0.1, 0.15) is 0 Å². The molecule has 0 amide bonds. The molecule has 5 heteroatoms. The largest absolute Gasteiger partial charge is 0.367 e. The van der Waals surface area contributed by atoms with Gasteiger partial charge in [-0.2, -0.15) is 0 Å². The maximum atomic E-state index is 6.26. The minimum atomic E-state index is 0.509. The summed E-state index contributed by atoms with van der Waals surface area (Å²) < 4.78 is 0. The van der Waals surface area contributed by atoms with Crippen LogP contribution >= 0.6 is 22.9 Å². The highest BCUT2D eigenvalue weighted by Crippen LogP contribution is 2.27. The molecule has 0 saturated heterocycles. The van der Waals surface area contributed by atoms with E-state index in [4.69, 9.17) is 17.3 Å². The summed E-state index contributed by atoms with van der Waals surface area (Å²) in [7, 11) is 2.01. The maximum absolute atomic E-state index is 6.26. The lowest BCUT2D eigenvalue weighted by Crippen LogP contribution is -2.17. The van der Waals surface area contributed by atoms with Crippen molar-refractivity contribution in [3.8, 4) is 0 Å². The van der Waals surface area contributed by atoms with Crippen LogP contribution in [0.15, 0.2) is 23.6 Å². The van der Waals surface area contributed by atoms with Crippen LogP contribution in [0.25, 0.3) is 0 Å². The van der Waals surface area contributed by atoms with Gasteiger partial charge >= 0.3 is 0 Å². The number of hydrogen-bond acceptors (Lipinski definition) is 4. The van der Waals surface area contributed by atoms with E-state index in [0.29, 0.717) is 6.54 Å². The van der Waals surface area contributed by atoms with E-state index >= 15 is 0 Å². The van der Waals surface area contributed by atoms with E-state index in [2.05, 4.69) is 15.3 Å². The third kappa shape index (κ3) is 3.02. The average molecular weight is 282 g/mol. The Balaban J connectivity index is 2.15. The third-order valence-corrected chi connectivity index (χ3v) is 3.85. The van der Waals surface area contributed by atoms with Gasteiger partial charge in [0.2, 0.25) is 0 Å². The topological polar surface area (TPSA) is 42.2 Å². The molecular weight excluding hydrogens is 266 g/mol. The normalized spacial score (nSPS) is 10.7. The van der Waals surface area contributed by atoms with Gasteiger partial charge in [-0.15, -0.1) is 11.3 Å². The van der Waals surface area contributed by atoms with Crippen molar-refractivity contribution in [1.29, 1.82) is 0 Å². The molecule has 96 valence electrons. The first-order valence-electron chi connectivity index (χ1n) is 5.71. The Morgan fingerprint density at radius 2 is 2.22 bits per heavy atom. The van der Waals surface area contributed by atoms with Crippen molar-refractivity contribution in [3.05, 3.63) is 44.9 Å². The molecule has 3 nitrogen and oxygen atoms in total. The molecular formula is C13H16ClN3S. The van der Waals surface area contributed by atoms with Crippen LogP contribution in [0.3, 0.4) is 0 Å². The number of anilines is 1. The van der Waals surface area contributed by atoms with E-state index in [1.807, 2.05) is 32.2 Å². The molecule has 0 aliphatic carbocycles. The highest BCUT2D eigenvalue weighted by Gasteiger charge is 2.09. The van der Waals surface area contributed by atoms with Gasteiger partial charge in [0.25, 0.3) is 0 Å². The van der Waals surface area contributed by atoms with E-state index in [1.165, 1.54) is 0 Å². The van der Waals surface area contributed by atoms with Gasteiger partial charge in [-0.1, -0.05) is 17.7 Å². The highest BCUT2D eigenvalue weighted by atomic mass is 35.5. The predicted molar refractivity (Wildman–Crippen MR) is 78.3 cm³/mol. The summed E-state index contributed by atoms with van der Waals surface area (Å²) in [6.07, 6.45) is 0. The van der Waals surface area contributed by atoms with Gasteiger partial charge in [0, 0.05) is 19.0 Å². The number of halogens is 1. The molecule has 1 aromatic carbocycles. The summed E-state index contributed by atoms with van der Waals surface area (Å²) in [5, 5.41) is 3.89. The number of thiazole rings is 1. The molecule has 0 aliphatic rings. The van der Waals surface area contributed by atoms with Gasteiger partial charge in [0.05, 0.1) is 28.0 Å². The summed E-state index contributed by atoms with van der Waals surface area (Å²) in [5.74, 6) is 0. The first-order valence-corrected chi connectivity index (χ1v) is 6.96. The first-order chi connectivity index (χ1) is 8.60. The van der Waals surface area contributed by atoms with Crippen molar-refractivity contribution in [2.75, 3.05) is 11.9 Å². The van der Waals surface area contributed by atoms with Crippen LogP contribution in [-0.4, -0.2) is 12.0 Å². The number of benzene rings is 1. The molecule has 0 fully saturated rings. The van der Waals surface area contributed by atoms with Crippen molar-refractivity contribution >= 4 is 28.6 Å². The monoisotopic (exact) mass is 281 g/mol. The number of aromatic nitrogens is 1. The van der Waals surface area contributed by atoms with Gasteiger partial charge in [-0.05, 0) is 24.6 Å². The summed E-state index contributed by atoms with van der Waals surface area (Å²) >= 11 is 7.92. The number of rotatable bonds is 4. The molecule has 18 heavy (non-hydrogen) atoms. The summed E-state index contributed by atoms with van der Waals surface area (Å²) in [4.78, 5) is 6.55. The lowest BCUT2D eigenvalue weighted by atomic mass is 10.2. The molecule has 0 spiro atoms. The van der Waals surface area contributed by atoms with E-state index in [0.717, 1.165) is 33.5 Å².